The molecule has 2 aliphatic heterocycles. The van der Waals surface area contributed by atoms with Crippen molar-refractivity contribution in [2.45, 2.75) is 211 Å². The molecular weight excluding hydrogens is 787 g/mol. The van der Waals surface area contributed by atoms with Crippen molar-refractivity contribution in [2.75, 3.05) is 4.90 Å². The number of fused-ring (bicyclic) bond motifs is 6. The molecule has 2 aromatic rings. The predicted molar refractivity (Wildman–Crippen MR) is 280 cm³/mol. The van der Waals surface area contributed by atoms with Gasteiger partial charge in [0.2, 0.25) is 0 Å². The number of anilines is 2. The van der Waals surface area contributed by atoms with E-state index >= 15 is 0 Å². The van der Waals surface area contributed by atoms with Crippen molar-refractivity contribution < 1.29 is 4.42 Å². The van der Waals surface area contributed by atoms with Crippen LogP contribution in [0.3, 0.4) is 0 Å². The fourth-order valence-electron chi connectivity index (χ4n) is 13.8. The summed E-state index contributed by atoms with van der Waals surface area (Å²) in [5, 5.41) is 0. The van der Waals surface area contributed by atoms with E-state index in [2.05, 4.69) is 176 Å². The van der Waals surface area contributed by atoms with E-state index in [-0.39, 0.29) is 34.4 Å². The van der Waals surface area contributed by atoms with Crippen LogP contribution in [-0.2, 0) is 10.8 Å². The van der Waals surface area contributed by atoms with Gasteiger partial charge >= 0.3 is 0 Å². The Labute approximate surface area is 396 Å². The van der Waals surface area contributed by atoms with Gasteiger partial charge in [-0.25, -0.2) is 0 Å². The maximum atomic E-state index is 7.78. The molecule has 0 amide bonds. The van der Waals surface area contributed by atoms with Gasteiger partial charge in [-0.2, -0.15) is 0 Å². The summed E-state index contributed by atoms with van der Waals surface area (Å²) in [6.45, 7) is 41.7. The first kappa shape index (κ1) is 46.5. The van der Waals surface area contributed by atoms with E-state index in [1.165, 1.54) is 82.7 Å². The van der Waals surface area contributed by atoms with Gasteiger partial charge in [0.1, 0.15) is 5.76 Å². The highest BCUT2D eigenvalue weighted by molar-refractivity contribution is 6.89. The maximum absolute atomic E-state index is 7.78. The Hall–Kier alpha value is -3.66. The minimum atomic E-state index is -0.0520. The molecule has 7 aliphatic rings. The first-order valence-electron chi connectivity index (χ1n) is 26.4. The molecule has 0 saturated carbocycles. The second-order valence-corrected chi connectivity index (χ2v) is 25.1. The molecule has 1 aromatic heterocycles. The Balaban J connectivity index is 1.40. The van der Waals surface area contributed by atoms with Gasteiger partial charge in [0.15, 0.2) is 5.88 Å². The zero-order valence-corrected chi connectivity index (χ0v) is 44.0. The van der Waals surface area contributed by atoms with E-state index < -0.39 is 0 Å². The van der Waals surface area contributed by atoms with Crippen LogP contribution in [0, 0.1) is 35.5 Å². The van der Waals surface area contributed by atoms with Crippen LogP contribution in [0.2, 0.25) is 0 Å². The van der Waals surface area contributed by atoms with Crippen LogP contribution in [0.1, 0.15) is 215 Å². The molecule has 0 spiro atoms. The molecule has 65 heavy (non-hydrogen) atoms. The van der Waals surface area contributed by atoms with Crippen LogP contribution in [0.5, 0.6) is 0 Å². The molecule has 5 atom stereocenters. The van der Waals surface area contributed by atoms with Gasteiger partial charge in [0, 0.05) is 28.7 Å². The Bertz CT molecular complexity index is 2500. The number of hydrogen-bond acceptors (Lipinski definition) is 3. The van der Waals surface area contributed by atoms with Crippen LogP contribution in [0.4, 0.5) is 11.6 Å². The summed E-state index contributed by atoms with van der Waals surface area (Å²) in [4.78, 5) is 5.54. The molecule has 0 N–H and O–H groups in total. The van der Waals surface area contributed by atoms with Crippen LogP contribution < -0.4 is 10.4 Å². The van der Waals surface area contributed by atoms with Crippen molar-refractivity contribution in [3.05, 3.63) is 121 Å². The second kappa shape index (κ2) is 16.3. The Kier molecular flexibility index (Phi) is 11.6. The third kappa shape index (κ3) is 7.34. The van der Waals surface area contributed by atoms with E-state index in [0.29, 0.717) is 29.6 Å². The fraction of sp³-hybridized carbons (Fsp3) is 0.607. The molecule has 0 radical (unpaired) electrons. The highest BCUT2D eigenvalue weighted by Gasteiger charge is 2.56. The third-order valence-corrected chi connectivity index (χ3v) is 18.6. The lowest BCUT2D eigenvalue weighted by Crippen LogP contribution is -2.58. The first-order chi connectivity index (χ1) is 30.6. The molecule has 0 saturated heterocycles. The van der Waals surface area contributed by atoms with Crippen LogP contribution in [-0.4, -0.2) is 17.7 Å². The first-order valence-corrected chi connectivity index (χ1v) is 26.4. The van der Waals surface area contributed by atoms with Crippen molar-refractivity contribution in [3.8, 4) is 0 Å². The minimum Gasteiger partial charge on any atom is -0.445 e. The van der Waals surface area contributed by atoms with Crippen LogP contribution in [0.25, 0.3) is 0 Å². The molecule has 9 rings (SSSR count). The molecule has 1 aromatic carbocycles. The zero-order chi connectivity index (χ0) is 46.9. The minimum absolute atomic E-state index is 0.0136. The highest BCUT2D eigenvalue weighted by Crippen LogP contribution is 2.57. The molecule has 5 aliphatic carbocycles. The average Bonchev–Trinajstić information content (AvgIpc) is 3.68. The number of hydrogen-bond donors (Lipinski definition) is 0. The summed E-state index contributed by atoms with van der Waals surface area (Å²) in [7, 11) is 0. The van der Waals surface area contributed by atoms with Crippen molar-refractivity contribution in [2.24, 2.45) is 28.6 Å². The molecule has 4 heteroatoms. The van der Waals surface area contributed by atoms with Crippen LogP contribution >= 0.6 is 0 Å². The number of furan rings is 1. The van der Waals surface area contributed by atoms with Gasteiger partial charge in [0.25, 0.3) is 6.71 Å². The van der Waals surface area contributed by atoms with Gasteiger partial charge in [-0.1, -0.05) is 139 Å². The van der Waals surface area contributed by atoms with E-state index in [1.54, 1.807) is 33.2 Å². The molecule has 0 bridgehead atoms. The number of nitrogens with zero attached hydrogens (tertiary/aromatic N) is 2. The van der Waals surface area contributed by atoms with Gasteiger partial charge in [-0.15, -0.1) is 0 Å². The van der Waals surface area contributed by atoms with Crippen molar-refractivity contribution >= 4 is 23.7 Å². The quantitative estimate of drug-likeness (QED) is 0.246. The number of aryl methyl sites for hydroxylation is 1. The molecule has 0 fully saturated rings. The van der Waals surface area contributed by atoms with Gasteiger partial charge < -0.3 is 14.2 Å². The maximum Gasteiger partial charge on any atom is 0.251 e. The van der Waals surface area contributed by atoms with Crippen molar-refractivity contribution in [3.63, 3.8) is 0 Å². The normalized spacial score (nSPS) is 28.1. The average molecular weight is 873 g/mol. The van der Waals surface area contributed by atoms with Gasteiger partial charge in [-0.3, -0.25) is 0 Å². The lowest BCUT2D eigenvalue weighted by atomic mass is 9.29. The largest absolute Gasteiger partial charge is 0.445 e. The van der Waals surface area contributed by atoms with E-state index in [4.69, 9.17) is 4.42 Å². The lowest BCUT2D eigenvalue weighted by Gasteiger charge is -2.51. The summed E-state index contributed by atoms with van der Waals surface area (Å²) in [6.07, 6.45) is 26.9. The molecule has 348 valence electrons. The van der Waals surface area contributed by atoms with E-state index in [9.17, 15) is 0 Å². The van der Waals surface area contributed by atoms with E-state index in [0.717, 1.165) is 38.0 Å². The summed E-state index contributed by atoms with van der Waals surface area (Å²) in [6, 6.07) is 5.35. The monoisotopic (exact) mass is 873 g/mol. The Morgan fingerprint density at radius 3 is 2.03 bits per heavy atom. The topological polar surface area (TPSA) is 19.6 Å². The Morgan fingerprint density at radius 2 is 1.42 bits per heavy atom. The van der Waals surface area contributed by atoms with E-state index in [1.807, 2.05) is 0 Å². The summed E-state index contributed by atoms with van der Waals surface area (Å²) >= 11 is 0. The standard InChI is InChI=1S/C61H85BN2O/c1-18-21-46-47(59(12,13)26-25-58(46,10)11)24-29-63-50-31-41(20-3)43(37(6)19-2)34-48(50)62-54-51(63)32-42(36(4)5)33-52(54)64(49-35-45-39(8)23-22-38(7)44(45)30-40(49)9)57-55(62)53-56(65-57)61(16,17)28-27-60(53,14)15/h18,21,24,29-30,32,34-39,41,52H,19-20,22-23,25-28,31,33H2,1-17H3/b21-18+,29-24+. The zero-order valence-electron chi connectivity index (χ0n) is 44.0. The summed E-state index contributed by atoms with van der Waals surface area (Å²) in [5.41, 5.74) is 21.2. The highest BCUT2D eigenvalue weighted by atomic mass is 16.4. The molecule has 3 heterocycles. The van der Waals surface area contributed by atoms with Crippen molar-refractivity contribution in [1.82, 2.24) is 4.90 Å². The number of allylic oxidation sites excluding steroid dienone is 10. The summed E-state index contributed by atoms with van der Waals surface area (Å²) < 4.78 is 7.78. The molecule has 5 unspecified atom stereocenters. The van der Waals surface area contributed by atoms with Gasteiger partial charge in [0.05, 0.1) is 6.04 Å². The Morgan fingerprint density at radius 1 is 0.800 bits per heavy atom. The third-order valence-electron chi connectivity index (χ3n) is 18.6. The predicted octanol–water partition coefficient (Wildman–Crippen LogP) is 16.7. The molecule has 3 nitrogen and oxygen atoms in total. The smallest absolute Gasteiger partial charge is 0.251 e. The number of rotatable bonds is 8. The van der Waals surface area contributed by atoms with Gasteiger partial charge in [-0.05, 0) is 192 Å². The summed E-state index contributed by atoms with van der Waals surface area (Å²) in [5.74, 6) is 5.00. The van der Waals surface area contributed by atoms with Crippen LogP contribution in [0.15, 0.2) is 97.8 Å². The van der Waals surface area contributed by atoms with Crippen molar-refractivity contribution in [1.29, 1.82) is 0 Å². The molecular formula is C61H85BN2O. The number of benzene rings is 1. The SMILES string of the molecule is C/C=C/C1=C(/C=C/N2C3=C4B(C5=C2CC(CC)C(C(C)CC)=C5)c2c(oc5c2C(C)(C)CCC5(C)C)N(c2cc5c(cc2C)C(C)CCC5C)C4CC(C(C)C)=C3)C(C)(C)CCC1(C)C. The fourth-order valence-corrected chi connectivity index (χ4v) is 13.8. The second-order valence-electron chi connectivity index (χ2n) is 25.1. The lowest BCUT2D eigenvalue weighted by molar-refractivity contribution is 0.273.